The van der Waals surface area contributed by atoms with E-state index in [2.05, 4.69) is 30.1 Å². The summed E-state index contributed by atoms with van der Waals surface area (Å²) >= 11 is 0. The van der Waals surface area contributed by atoms with Gasteiger partial charge in [0.25, 0.3) is 0 Å². The first-order chi connectivity index (χ1) is 14.2. The zero-order valence-electron chi connectivity index (χ0n) is 17.5. The molecule has 0 radical (unpaired) electrons. The Morgan fingerprint density at radius 2 is 1.90 bits per heavy atom. The van der Waals surface area contributed by atoms with Gasteiger partial charge in [-0.05, 0) is 41.8 Å². The number of halogens is 1. The van der Waals surface area contributed by atoms with Gasteiger partial charge in [0.2, 0.25) is 0 Å². The van der Waals surface area contributed by atoms with Crippen LogP contribution in [0.1, 0.15) is 26.5 Å². The van der Waals surface area contributed by atoms with Crippen LogP contribution >= 0.6 is 0 Å². The Kier molecular flexibility index (Phi) is 5.24. The minimum atomic E-state index is -0.864. The number of benzene rings is 1. The molecule has 0 saturated carbocycles. The van der Waals surface area contributed by atoms with Gasteiger partial charge in [-0.25, -0.2) is 14.2 Å². The highest BCUT2D eigenvalue weighted by atomic mass is 19.1. The summed E-state index contributed by atoms with van der Waals surface area (Å²) in [4.78, 5) is 20.4. The molecule has 7 heteroatoms. The number of carboxylic acid groups (broad SMARTS) is 1. The average molecular weight is 410 g/mol. The van der Waals surface area contributed by atoms with Gasteiger partial charge in [-0.1, -0.05) is 26.8 Å². The van der Waals surface area contributed by atoms with Crippen LogP contribution in [0, 0.1) is 11.2 Å². The molecule has 1 amide bonds. The number of imidazole rings is 1. The second-order valence-corrected chi connectivity index (χ2v) is 8.94. The predicted molar refractivity (Wildman–Crippen MR) is 114 cm³/mol. The first-order valence-corrected chi connectivity index (χ1v) is 10.2. The van der Waals surface area contributed by atoms with E-state index < -0.39 is 6.09 Å². The van der Waals surface area contributed by atoms with Gasteiger partial charge >= 0.3 is 6.09 Å². The molecule has 2 aromatic heterocycles. The van der Waals surface area contributed by atoms with E-state index in [0.29, 0.717) is 26.2 Å². The lowest BCUT2D eigenvalue weighted by molar-refractivity contribution is 0.0186. The van der Waals surface area contributed by atoms with Crippen molar-refractivity contribution in [3.63, 3.8) is 0 Å². The molecular weight excluding hydrogens is 383 g/mol. The third-order valence-corrected chi connectivity index (χ3v) is 5.83. The highest BCUT2D eigenvalue weighted by Gasteiger charge is 2.38. The molecule has 4 rings (SSSR count). The third kappa shape index (κ3) is 3.89. The van der Waals surface area contributed by atoms with E-state index in [1.807, 2.05) is 24.4 Å². The van der Waals surface area contributed by atoms with Crippen molar-refractivity contribution < 1.29 is 14.3 Å². The molecular formula is C23H27FN4O2. The summed E-state index contributed by atoms with van der Waals surface area (Å²) in [5, 5.41) is 9.63. The number of rotatable bonds is 3. The second-order valence-electron chi connectivity index (χ2n) is 8.94. The third-order valence-electron chi connectivity index (χ3n) is 5.83. The molecule has 3 aromatic rings. The van der Waals surface area contributed by atoms with Crippen molar-refractivity contribution in [3.8, 4) is 11.3 Å². The highest BCUT2D eigenvalue weighted by Crippen LogP contribution is 2.30. The van der Waals surface area contributed by atoms with Crippen molar-refractivity contribution >= 4 is 11.7 Å². The fourth-order valence-electron chi connectivity index (χ4n) is 4.20. The molecule has 1 aliphatic rings. The van der Waals surface area contributed by atoms with Crippen LogP contribution in [0.4, 0.5) is 9.18 Å². The summed E-state index contributed by atoms with van der Waals surface area (Å²) in [7, 11) is 0. The monoisotopic (exact) mass is 410 g/mol. The van der Waals surface area contributed by atoms with Crippen LogP contribution < -0.4 is 0 Å². The number of nitrogens with zero attached hydrogens (tertiary/aromatic N) is 4. The summed E-state index contributed by atoms with van der Waals surface area (Å²) in [6.45, 7) is 8.65. The van der Waals surface area contributed by atoms with Gasteiger partial charge in [0.1, 0.15) is 11.5 Å². The van der Waals surface area contributed by atoms with Crippen LogP contribution in [0.5, 0.6) is 0 Å². The second kappa shape index (κ2) is 7.72. The molecule has 0 aliphatic carbocycles. The van der Waals surface area contributed by atoms with E-state index in [1.165, 1.54) is 12.1 Å². The SMILES string of the molecule is CC(C)(C)C1CN(Cc2c(-c3ccc(F)cc3)nc3ccccn23)CCN1C(=O)O. The Balaban J connectivity index is 1.69. The quantitative estimate of drug-likeness (QED) is 0.697. The summed E-state index contributed by atoms with van der Waals surface area (Å²) < 4.78 is 15.5. The first kappa shape index (κ1) is 20.3. The maximum absolute atomic E-state index is 13.5. The zero-order chi connectivity index (χ0) is 21.5. The van der Waals surface area contributed by atoms with Crippen LogP contribution in [0.25, 0.3) is 16.9 Å². The van der Waals surface area contributed by atoms with Gasteiger partial charge in [-0.15, -0.1) is 0 Å². The number of amides is 1. The number of piperazine rings is 1. The number of carbonyl (C=O) groups is 1. The molecule has 158 valence electrons. The molecule has 1 atom stereocenters. The molecule has 1 aromatic carbocycles. The number of pyridine rings is 1. The van der Waals surface area contributed by atoms with Gasteiger partial charge in [0.05, 0.1) is 17.4 Å². The van der Waals surface area contributed by atoms with Crippen LogP contribution in [-0.4, -0.2) is 56.1 Å². The van der Waals surface area contributed by atoms with Crippen molar-refractivity contribution in [2.45, 2.75) is 33.4 Å². The van der Waals surface area contributed by atoms with Crippen LogP contribution in [0.3, 0.4) is 0 Å². The van der Waals surface area contributed by atoms with E-state index in [9.17, 15) is 14.3 Å². The van der Waals surface area contributed by atoms with Gasteiger partial charge < -0.3 is 14.4 Å². The van der Waals surface area contributed by atoms with E-state index >= 15 is 0 Å². The normalized spacial score (nSPS) is 18.1. The summed E-state index contributed by atoms with van der Waals surface area (Å²) in [6.07, 6.45) is 1.12. The molecule has 1 aliphatic heterocycles. The molecule has 6 nitrogen and oxygen atoms in total. The molecule has 1 N–H and O–H groups in total. The topological polar surface area (TPSA) is 61.1 Å². The van der Waals surface area contributed by atoms with Crippen molar-refractivity contribution in [3.05, 3.63) is 60.2 Å². The maximum Gasteiger partial charge on any atom is 0.407 e. The molecule has 30 heavy (non-hydrogen) atoms. The highest BCUT2D eigenvalue weighted by molar-refractivity contribution is 5.67. The average Bonchev–Trinajstić information content (AvgIpc) is 3.06. The smallest absolute Gasteiger partial charge is 0.407 e. The van der Waals surface area contributed by atoms with Gasteiger partial charge in [0, 0.05) is 37.9 Å². The van der Waals surface area contributed by atoms with Crippen molar-refractivity contribution in [2.75, 3.05) is 19.6 Å². The maximum atomic E-state index is 13.5. The molecule has 3 heterocycles. The number of fused-ring (bicyclic) bond motifs is 1. The predicted octanol–water partition coefficient (Wildman–Crippen LogP) is 4.35. The zero-order valence-corrected chi connectivity index (χ0v) is 17.5. The van der Waals surface area contributed by atoms with Crippen LogP contribution in [0.15, 0.2) is 48.7 Å². The molecule has 0 spiro atoms. The standard InChI is InChI=1S/C23H27FN4O2/c1-23(2,3)19-15-26(12-13-28(19)22(29)30)14-18-21(16-7-9-17(24)10-8-16)25-20-6-4-5-11-27(18)20/h4-11,19H,12-15H2,1-3H3,(H,29,30). The Labute approximate surface area is 175 Å². The molecule has 1 saturated heterocycles. The van der Waals surface area contributed by atoms with Crippen molar-refractivity contribution in [1.29, 1.82) is 0 Å². The van der Waals surface area contributed by atoms with E-state index in [-0.39, 0.29) is 17.3 Å². The summed E-state index contributed by atoms with van der Waals surface area (Å²) in [6, 6.07) is 12.2. The van der Waals surface area contributed by atoms with Crippen molar-refractivity contribution in [1.82, 2.24) is 19.2 Å². The van der Waals surface area contributed by atoms with Gasteiger partial charge in [-0.3, -0.25) is 4.90 Å². The van der Waals surface area contributed by atoms with Crippen molar-refractivity contribution in [2.24, 2.45) is 5.41 Å². The minimum Gasteiger partial charge on any atom is -0.465 e. The van der Waals surface area contributed by atoms with Gasteiger partial charge in [0.15, 0.2) is 0 Å². The number of aromatic nitrogens is 2. The molecule has 0 bridgehead atoms. The van der Waals surface area contributed by atoms with Gasteiger partial charge in [-0.2, -0.15) is 0 Å². The minimum absolute atomic E-state index is 0.0998. The lowest BCUT2D eigenvalue weighted by atomic mass is 9.84. The van der Waals surface area contributed by atoms with E-state index in [1.54, 1.807) is 17.0 Å². The van der Waals surface area contributed by atoms with E-state index in [0.717, 1.165) is 22.6 Å². The lowest BCUT2D eigenvalue weighted by Crippen LogP contribution is -2.59. The fraction of sp³-hybridized carbons (Fsp3) is 0.391. The van der Waals surface area contributed by atoms with E-state index in [4.69, 9.17) is 4.98 Å². The Morgan fingerprint density at radius 1 is 1.17 bits per heavy atom. The first-order valence-electron chi connectivity index (χ1n) is 10.2. The van der Waals surface area contributed by atoms with Crippen LogP contribution in [-0.2, 0) is 6.54 Å². The molecule has 1 fully saturated rings. The number of hydrogen-bond acceptors (Lipinski definition) is 3. The Bertz CT molecular complexity index is 1060. The Morgan fingerprint density at radius 3 is 2.57 bits per heavy atom. The Hall–Kier alpha value is -2.93. The summed E-state index contributed by atoms with van der Waals surface area (Å²) in [5.74, 6) is -0.276. The lowest BCUT2D eigenvalue weighted by Gasteiger charge is -2.46. The summed E-state index contributed by atoms with van der Waals surface area (Å²) in [5.41, 5.74) is 3.38. The van der Waals surface area contributed by atoms with Crippen LogP contribution in [0.2, 0.25) is 0 Å². The largest absolute Gasteiger partial charge is 0.465 e. The number of hydrogen-bond donors (Lipinski definition) is 1. The molecule has 1 unspecified atom stereocenters. The fourth-order valence-corrected chi connectivity index (χ4v) is 4.20.